The van der Waals surface area contributed by atoms with Crippen LogP contribution in [0, 0.1) is 0 Å². The molecule has 8 nitrogen and oxygen atoms in total. The van der Waals surface area contributed by atoms with E-state index in [9.17, 15) is 14.3 Å². The van der Waals surface area contributed by atoms with Crippen molar-refractivity contribution in [3.05, 3.63) is 72.9 Å². The number of carbonyl (C=O) groups excluding carboxylic acids is 1. The largest absolute Gasteiger partial charge is 0.472 e. The molecule has 2 unspecified atom stereocenters. The van der Waals surface area contributed by atoms with Gasteiger partial charge in [0.05, 0.1) is 34.4 Å². The number of phosphoric ester groups is 1. The maximum absolute atomic E-state index is 12.8. The van der Waals surface area contributed by atoms with Gasteiger partial charge in [0.15, 0.2) is 0 Å². The molecule has 0 spiro atoms. The van der Waals surface area contributed by atoms with Crippen molar-refractivity contribution >= 4 is 13.8 Å². The number of ether oxygens (including phenoxy) is 2. The number of hydrogen-bond donors (Lipinski definition) is 1. The summed E-state index contributed by atoms with van der Waals surface area (Å²) in [7, 11) is 1.66. The van der Waals surface area contributed by atoms with Crippen molar-refractivity contribution in [3.63, 3.8) is 0 Å². The molecule has 0 bridgehead atoms. The van der Waals surface area contributed by atoms with Crippen LogP contribution in [0.15, 0.2) is 72.9 Å². The van der Waals surface area contributed by atoms with Crippen LogP contribution < -0.4 is 0 Å². The Labute approximate surface area is 427 Å². The van der Waals surface area contributed by atoms with E-state index in [-0.39, 0.29) is 25.8 Å². The SMILES string of the molecule is CC/C=C\C/C=C\C/C=C\C/C=C\CCCCCCCCCCCCCCCOCC(COP(=O)(O)OCC[N+](C)(C)C)OC(=O)CCCCCCCCCCC/C=C\C/C=C\CCCCCCC. The summed E-state index contributed by atoms with van der Waals surface area (Å²) in [6.45, 7) is 5.51. The smallest absolute Gasteiger partial charge is 0.457 e. The van der Waals surface area contributed by atoms with E-state index in [1.165, 1.54) is 161 Å². The molecule has 0 aliphatic carbocycles. The summed E-state index contributed by atoms with van der Waals surface area (Å²) >= 11 is 0. The van der Waals surface area contributed by atoms with Crippen LogP contribution in [0.5, 0.6) is 0 Å². The summed E-state index contributed by atoms with van der Waals surface area (Å²) in [5.41, 5.74) is 0. The van der Waals surface area contributed by atoms with E-state index in [0.29, 0.717) is 24.1 Å². The van der Waals surface area contributed by atoms with Crippen LogP contribution >= 0.6 is 7.82 Å². The molecule has 0 aromatic rings. The first-order valence-electron chi connectivity index (χ1n) is 28.7. The minimum Gasteiger partial charge on any atom is -0.457 e. The fourth-order valence-corrected chi connectivity index (χ4v) is 8.61. The molecule has 0 aromatic heterocycles. The molecule has 0 fully saturated rings. The number of phosphoric acid groups is 1. The van der Waals surface area contributed by atoms with Crippen LogP contribution in [0.2, 0.25) is 0 Å². The fourth-order valence-electron chi connectivity index (χ4n) is 7.87. The molecule has 2 atom stereocenters. The lowest BCUT2D eigenvalue weighted by molar-refractivity contribution is -0.870. The Morgan fingerprint density at radius 2 is 0.841 bits per heavy atom. The third-order valence-corrected chi connectivity index (χ3v) is 13.2. The minimum atomic E-state index is -4.29. The molecule has 69 heavy (non-hydrogen) atoms. The van der Waals surface area contributed by atoms with Crippen LogP contribution in [0.3, 0.4) is 0 Å². The monoisotopic (exact) mass is 989 g/mol. The van der Waals surface area contributed by atoms with Crippen molar-refractivity contribution in [2.45, 2.75) is 251 Å². The quantitative estimate of drug-likeness (QED) is 0.0213. The highest BCUT2D eigenvalue weighted by atomic mass is 31.2. The number of nitrogens with zero attached hydrogens (tertiary/aromatic N) is 1. The van der Waals surface area contributed by atoms with Crippen LogP contribution in [-0.4, -0.2) is 75.6 Å². The van der Waals surface area contributed by atoms with Gasteiger partial charge in [0.25, 0.3) is 0 Å². The first-order chi connectivity index (χ1) is 33.6. The normalized spacial score (nSPS) is 14.0. The van der Waals surface area contributed by atoms with Gasteiger partial charge in [-0.2, -0.15) is 0 Å². The zero-order valence-electron chi connectivity index (χ0n) is 45.8. The summed E-state index contributed by atoms with van der Waals surface area (Å²) in [6, 6.07) is 0. The van der Waals surface area contributed by atoms with Gasteiger partial charge >= 0.3 is 13.8 Å². The molecule has 0 aliphatic heterocycles. The molecule has 0 rings (SSSR count). The second-order valence-electron chi connectivity index (χ2n) is 20.3. The number of unbranched alkanes of at least 4 members (excludes halogenated alkanes) is 27. The zero-order valence-corrected chi connectivity index (χ0v) is 46.7. The van der Waals surface area contributed by atoms with Gasteiger partial charge in [-0.1, -0.05) is 228 Å². The highest BCUT2D eigenvalue weighted by Crippen LogP contribution is 2.43. The van der Waals surface area contributed by atoms with Gasteiger partial charge in [-0.05, 0) is 83.5 Å². The van der Waals surface area contributed by atoms with Gasteiger partial charge < -0.3 is 18.9 Å². The summed E-state index contributed by atoms with van der Waals surface area (Å²) < 4.78 is 35.3. The van der Waals surface area contributed by atoms with Gasteiger partial charge in [-0.15, -0.1) is 0 Å². The van der Waals surface area contributed by atoms with E-state index in [0.717, 1.165) is 64.2 Å². The Morgan fingerprint density at radius 1 is 0.464 bits per heavy atom. The second kappa shape index (κ2) is 52.3. The van der Waals surface area contributed by atoms with Crippen LogP contribution in [0.25, 0.3) is 0 Å². The molecule has 0 amide bonds. The molecule has 0 aliphatic rings. The van der Waals surface area contributed by atoms with Crippen LogP contribution in [0.4, 0.5) is 0 Å². The Balaban J connectivity index is 4.08. The molecule has 0 aromatic carbocycles. The van der Waals surface area contributed by atoms with Crippen molar-refractivity contribution < 1.29 is 37.3 Å². The number of hydrogen-bond acceptors (Lipinski definition) is 6. The fraction of sp³-hybridized carbons (Fsp3) is 0.783. The van der Waals surface area contributed by atoms with Gasteiger partial charge in [0, 0.05) is 13.0 Å². The lowest BCUT2D eigenvalue weighted by Gasteiger charge is -2.24. The Hall–Kier alpha value is -2.06. The van der Waals surface area contributed by atoms with Crippen molar-refractivity contribution in [3.8, 4) is 0 Å². The number of carbonyl (C=O) groups is 1. The minimum absolute atomic E-state index is 0.0854. The Morgan fingerprint density at radius 3 is 1.26 bits per heavy atom. The van der Waals surface area contributed by atoms with Crippen molar-refractivity contribution in [1.82, 2.24) is 0 Å². The van der Waals surface area contributed by atoms with E-state index < -0.39 is 13.9 Å². The van der Waals surface area contributed by atoms with Gasteiger partial charge in [-0.25, -0.2) is 4.57 Å². The van der Waals surface area contributed by atoms with Crippen LogP contribution in [-0.2, 0) is 27.9 Å². The number of rotatable bonds is 53. The molecule has 9 heteroatoms. The van der Waals surface area contributed by atoms with E-state index in [4.69, 9.17) is 18.5 Å². The van der Waals surface area contributed by atoms with E-state index >= 15 is 0 Å². The van der Waals surface area contributed by atoms with E-state index in [1.54, 1.807) is 0 Å². The highest BCUT2D eigenvalue weighted by molar-refractivity contribution is 7.47. The Bertz CT molecular complexity index is 1330. The summed E-state index contributed by atoms with van der Waals surface area (Å²) in [5, 5.41) is 0. The maximum atomic E-state index is 12.8. The first-order valence-corrected chi connectivity index (χ1v) is 30.2. The molecular formula is C60H111NO7P+. The summed E-state index contributed by atoms with van der Waals surface area (Å²) in [4.78, 5) is 23.1. The topological polar surface area (TPSA) is 91.3 Å². The predicted molar refractivity (Wildman–Crippen MR) is 298 cm³/mol. The molecule has 0 radical (unpaired) electrons. The number of likely N-dealkylation sites (N-methyl/N-ethyl adjacent to an activating group) is 1. The zero-order chi connectivity index (χ0) is 50.5. The summed E-state index contributed by atoms with van der Waals surface area (Å²) in [6.07, 6.45) is 69.6. The maximum Gasteiger partial charge on any atom is 0.472 e. The van der Waals surface area contributed by atoms with Gasteiger partial charge in [0.1, 0.15) is 19.3 Å². The summed E-state index contributed by atoms with van der Waals surface area (Å²) in [5.74, 6) is -0.317. The third kappa shape index (κ3) is 56.7. The number of esters is 1. The average molecular weight is 990 g/mol. The predicted octanol–water partition coefficient (Wildman–Crippen LogP) is 18.2. The van der Waals surface area contributed by atoms with E-state index in [2.05, 4.69) is 86.8 Å². The van der Waals surface area contributed by atoms with Crippen LogP contribution in [0.1, 0.15) is 245 Å². The standard InChI is InChI=1S/C60H110NO7P/c1-6-8-10-12-14-16-18-20-22-24-26-28-29-30-31-32-34-36-38-40-42-44-46-48-50-52-55-65-57-59(58-67-69(63,64)66-56-54-61(3,4)5)68-60(62)53-51-49-47-45-43-41-39-37-35-33-27-25-23-21-19-17-15-13-11-9-7-2/h8,10,14,16,19-22,25-28,59H,6-7,9,11-13,15,17-18,23-24,29-58H2,1-5H3/p+1/b10-8-,16-14-,21-19-,22-20-,27-25-,28-26-. The Kier molecular flexibility index (Phi) is 50.7. The highest BCUT2D eigenvalue weighted by Gasteiger charge is 2.26. The molecule has 0 saturated carbocycles. The molecule has 0 heterocycles. The number of quaternary nitrogens is 1. The number of allylic oxidation sites excluding steroid dienone is 12. The lowest BCUT2D eigenvalue weighted by atomic mass is 10.0. The molecule has 402 valence electrons. The second-order valence-corrected chi connectivity index (χ2v) is 21.7. The van der Waals surface area contributed by atoms with Crippen molar-refractivity contribution in [1.29, 1.82) is 0 Å². The third-order valence-electron chi connectivity index (χ3n) is 12.3. The lowest BCUT2D eigenvalue weighted by Crippen LogP contribution is -2.37. The molecular weight excluding hydrogens is 878 g/mol. The van der Waals surface area contributed by atoms with Gasteiger partial charge in [0.2, 0.25) is 0 Å². The average Bonchev–Trinajstić information content (AvgIpc) is 3.31. The van der Waals surface area contributed by atoms with Crippen molar-refractivity contribution in [2.24, 2.45) is 0 Å². The van der Waals surface area contributed by atoms with Crippen molar-refractivity contribution in [2.75, 3.05) is 54.1 Å². The first kappa shape index (κ1) is 66.9. The molecule has 0 saturated heterocycles. The van der Waals surface area contributed by atoms with Gasteiger partial charge in [-0.3, -0.25) is 13.8 Å². The molecule has 1 N–H and O–H groups in total. The van der Waals surface area contributed by atoms with E-state index in [1.807, 2.05) is 21.1 Å².